The van der Waals surface area contributed by atoms with Gasteiger partial charge in [-0.3, -0.25) is 9.59 Å². The van der Waals surface area contributed by atoms with Gasteiger partial charge in [-0.25, -0.2) is 0 Å². The highest BCUT2D eigenvalue weighted by atomic mass is 16.2. The van der Waals surface area contributed by atoms with Crippen LogP contribution in [0.4, 0.5) is 0 Å². The quantitative estimate of drug-likeness (QED) is 0.682. The van der Waals surface area contributed by atoms with Crippen LogP contribution >= 0.6 is 0 Å². The number of likely N-dealkylation sites (tertiary alicyclic amines) is 1. The molecule has 0 aromatic rings. The number of carbonyl (C=O) groups excluding carboxylic acids is 2. The first-order valence-electron chi connectivity index (χ1n) is 14.2. The topological polar surface area (TPSA) is 61.4 Å². The van der Waals surface area contributed by atoms with Crippen molar-refractivity contribution < 1.29 is 9.59 Å². The Hall–Kier alpha value is -1.10. The zero-order valence-corrected chi connectivity index (χ0v) is 20.5. The lowest BCUT2D eigenvalue weighted by Crippen LogP contribution is -2.62. The molecule has 9 rings (SSSR count). The first kappa shape index (κ1) is 21.2. The molecule has 0 spiro atoms. The Labute approximate surface area is 199 Å². The van der Waals surface area contributed by atoms with E-state index in [1.807, 2.05) is 0 Å². The Morgan fingerprint density at radius 1 is 0.576 bits per heavy atom. The van der Waals surface area contributed by atoms with E-state index >= 15 is 0 Å². The lowest BCUT2D eigenvalue weighted by molar-refractivity contribution is -0.148. The molecule has 8 bridgehead atoms. The van der Waals surface area contributed by atoms with E-state index in [0.29, 0.717) is 11.8 Å². The zero-order chi connectivity index (χ0) is 22.4. The fraction of sp³-hybridized carbons (Fsp3) is 0.929. The maximum absolute atomic E-state index is 13.6. The van der Waals surface area contributed by atoms with E-state index in [4.69, 9.17) is 0 Å². The zero-order valence-electron chi connectivity index (χ0n) is 20.5. The number of amides is 2. The molecule has 182 valence electrons. The molecule has 2 amide bonds. The van der Waals surface area contributed by atoms with Crippen molar-refractivity contribution in [2.24, 2.45) is 46.3 Å². The summed E-state index contributed by atoms with van der Waals surface area (Å²) in [4.78, 5) is 29.5. The first-order chi connectivity index (χ1) is 15.9. The van der Waals surface area contributed by atoms with Crippen LogP contribution in [0.15, 0.2) is 0 Å². The highest BCUT2D eigenvalue weighted by Crippen LogP contribution is 2.61. The highest BCUT2D eigenvalue weighted by Gasteiger charge is 2.56. The van der Waals surface area contributed by atoms with Gasteiger partial charge < -0.3 is 15.5 Å². The SMILES string of the molecule is CN1CC(NC(=O)C23CC4CC(CC(C4)C2)C3)CC(NC(=O)C23CC4CC(CC(C4)C2)C3)C1. The van der Waals surface area contributed by atoms with Gasteiger partial charge in [0.1, 0.15) is 0 Å². The van der Waals surface area contributed by atoms with Gasteiger partial charge in [0.25, 0.3) is 0 Å². The molecule has 1 saturated heterocycles. The van der Waals surface area contributed by atoms with Crippen LogP contribution in [0.25, 0.3) is 0 Å². The summed E-state index contributed by atoms with van der Waals surface area (Å²) in [7, 11) is 2.15. The Morgan fingerprint density at radius 3 is 1.18 bits per heavy atom. The lowest BCUT2D eigenvalue weighted by atomic mass is 9.49. The number of hydrogen-bond acceptors (Lipinski definition) is 3. The minimum absolute atomic E-state index is 0.0806. The van der Waals surface area contributed by atoms with Gasteiger partial charge in [-0.1, -0.05) is 0 Å². The van der Waals surface area contributed by atoms with Gasteiger partial charge in [0.2, 0.25) is 11.8 Å². The van der Waals surface area contributed by atoms with E-state index in [2.05, 4.69) is 22.6 Å². The minimum Gasteiger partial charge on any atom is -0.352 e. The van der Waals surface area contributed by atoms with Gasteiger partial charge in [0.15, 0.2) is 0 Å². The number of likely N-dealkylation sites (N-methyl/N-ethyl adjacent to an activating group) is 1. The molecule has 33 heavy (non-hydrogen) atoms. The summed E-state index contributed by atoms with van der Waals surface area (Å²) < 4.78 is 0. The molecule has 8 saturated carbocycles. The normalized spacial score (nSPS) is 52.2. The largest absolute Gasteiger partial charge is 0.352 e. The molecule has 0 aromatic carbocycles. The summed E-state index contributed by atoms with van der Waals surface area (Å²) in [5.74, 6) is 5.45. The smallest absolute Gasteiger partial charge is 0.226 e. The van der Waals surface area contributed by atoms with Crippen molar-refractivity contribution >= 4 is 11.8 Å². The molecule has 2 N–H and O–H groups in total. The van der Waals surface area contributed by atoms with E-state index in [0.717, 1.165) is 93.5 Å². The van der Waals surface area contributed by atoms with Crippen molar-refractivity contribution in [3.05, 3.63) is 0 Å². The number of rotatable bonds is 4. The molecule has 9 fully saturated rings. The Morgan fingerprint density at radius 2 is 0.879 bits per heavy atom. The molecular weight excluding hydrogens is 410 g/mol. The van der Waals surface area contributed by atoms with Crippen LogP contribution in [0.3, 0.4) is 0 Å². The van der Waals surface area contributed by atoms with Crippen molar-refractivity contribution in [2.75, 3.05) is 20.1 Å². The van der Waals surface area contributed by atoms with E-state index in [-0.39, 0.29) is 22.9 Å². The summed E-state index contributed by atoms with van der Waals surface area (Å²) in [5, 5.41) is 7.03. The van der Waals surface area contributed by atoms with Crippen molar-refractivity contribution in [3.63, 3.8) is 0 Å². The van der Waals surface area contributed by atoms with Gasteiger partial charge in [-0.15, -0.1) is 0 Å². The summed E-state index contributed by atoms with van der Waals surface area (Å²) in [5.41, 5.74) is -0.161. The molecule has 9 aliphatic rings. The Balaban J connectivity index is 1.01. The van der Waals surface area contributed by atoms with Crippen LogP contribution in [0.2, 0.25) is 0 Å². The van der Waals surface area contributed by atoms with Crippen molar-refractivity contribution in [1.29, 1.82) is 0 Å². The van der Waals surface area contributed by atoms with Crippen LogP contribution in [0.1, 0.15) is 83.5 Å². The number of piperidine rings is 1. The summed E-state index contributed by atoms with van der Waals surface area (Å²) in [6, 6.07) is 0.317. The monoisotopic (exact) mass is 453 g/mol. The molecule has 5 heteroatoms. The van der Waals surface area contributed by atoms with Crippen LogP contribution in [-0.4, -0.2) is 48.9 Å². The molecule has 8 aliphatic carbocycles. The predicted octanol–water partition coefficient (Wildman–Crippen LogP) is 3.72. The third-order valence-corrected chi connectivity index (χ3v) is 11.3. The summed E-state index contributed by atoms with van der Waals surface area (Å²) in [6.07, 6.45) is 15.9. The molecule has 0 aromatic heterocycles. The van der Waals surface area contributed by atoms with Gasteiger partial charge in [0, 0.05) is 36.0 Å². The first-order valence-corrected chi connectivity index (χ1v) is 14.2. The van der Waals surface area contributed by atoms with E-state index in [9.17, 15) is 9.59 Å². The highest BCUT2D eigenvalue weighted by molar-refractivity contribution is 5.84. The maximum atomic E-state index is 13.6. The van der Waals surface area contributed by atoms with Crippen molar-refractivity contribution in [1.82, 2.24) is 15.5 Å². The lowest BCUT2D eigenvalue weighted by Gasteiger charge is -2.56. The second-order valence-corrected chi connectivity index (χ2v) is 14.2. The standard InChI is InChI=1S/C28H43N3O2/c1-31-15-23(29-25(32)27-9-17-2-18(10-27)4-19(3-17)11-27)8-24(16-31)30-26(33)28-12-20-5-21(13-28)7-22(6-20)14-28/h17-24H,2-16H2,1H3,(H,29,32)(H,30,33). The third-order valence-electron chi connectivity index (χ3n) is 11.3. The Bertz CT molecular complexity index is 700. The summed E-state index contributed by atoms with van der Waals surface area (Å²) >= 11 is 0. The van der Waals surface area contributed by atoms with Crippen LogP contribution in [-0.2, 0) is 9.59 Å². The molecule has 5 nitrogen and oxygen atoms in total. The van der Waals surface area contributed by atoms with Crippen LogP contribution in [0, 0.1) is 46.3 Å². The molecule has 1 aliphatic heterocycles. The van der Waals surface area contributed by atoms with E-state index in [1.54, 1.807) is 0 Å². The molecule has 1 heterocycles. The van der Waals surface area contributed by atoms with Gasteiger partial charge in [0.05, 0.1) is 0 Å². The van der Waals surface area contributed by atoms with Gasteiger partial charge in [-0.05, 0) is 126 Å². The van der Waals surface area contributed by atoms with Crippen LogP contribution < -0.4 is 10.6 Å². The van der Waals surface area contributed by atoms with Gasteiger partial charge >= 0.3 is 0 Å². The fourth-order valence-electron chi connectivity index (χ4n) is 11.0. The minimum atomic E-state index is -0.0806. The average molecular weight is 454 g/mol. The maximum Gasteiger partial charge on any atom is 0.226 e. The number of nitrogens with zero attached hydrogens (tertiary/aromatic N) is 1. The van der Waals surface area contributed by atoms with Crippen molar-refractivity contribution in [3.8, 4) is 0 Å². The van der Waals surface area contributed by atoms with E-state index < -0.39 is 0 Å². The average Bonchev–Trinajstić information content (AvgIpc) is 2.71. The summed E-state index contributed by atoms with van der Waals surface area (Å²) in [6.45, 7) is 1.81. The van der Waals surface area contributed by atoms with Crippen LogP contribution in [0.5, 0.6) is 0 Å². The molecule has 0 radical (unpaired) electrons. The number of hydrogen-bond donors (Lipinski definition) is 2. The Kier molecular flexibility index (Phi) is 4.79. The predicted molar refractivity (Wildman–Crippen MR) is 127 cm³/mol. The fourth-order valence-corrected chi connectivity index (χ4v) is 11.0. The molecular formula is C28H43N3O2. The van der Waals surface area contributed by atoms with E-state index in [1.165, 1.54) is 38.5 Å². The second-order valence-electron chi connectivity index (χ2n) is 14.2. The third kappa shape index (κ3) is 3.58. The molecule has 2 unspecified atom stereocenters. The van der Waals surface area contributed by atoms with Gasteiger partial charge in [-0.2, -0.15) is 0 Å². The number of nitrogens with one attached hydrogen (secondary N) is 2. The molecule has 2 atom stereocenters. The number of carbonyl (C=O) groups is 2. The van der Waals surface area contributed by atoms with Crippen molar-refractivity contribution in [2.45, 2.75) is 95.6 Å². The second kappa shape index (κ2) is 7.45.